The second-order valence-electron chi connectivity index (χ2n) is 2.38. The van der Waals surface area contributed by atoms with Crippen molar-refractivity contribution in [1.29, 1.82) is 5.41 Å². The Morgan fingerprint density at radius 3 is 2.08 bits per heavy atom. The van der Waals surface area contributed by atoms with Crippen LogP contribution in [0, 0.1) is 5.41 Å². The van der Waals surface area contributed by atoms with Crippen molar-refractivity contribution < 1.29 is 12.3 Å². The first-order chi connectivity index (χ1) is 5.91. The predicted molar refractivity (Wildman–Crippen MR) is 45.8 cm³/mol. The second kappa shape index (κ2) is 3.14. The molecule has 0 amide bonds. The van der Waals surface area contributed by atoms with Gasteiger partial charge in [-0.05, 0) is 24.3 Å². The molecule has 0 atom stereocenters. The van der Waals surface area contributed by atoms with Crippen molar-refractivity contribution in [3.05, 3.63) is 29.8 Å². The Hall–Kier alpha value is -1.43. The van der Waals surface area contributed by atoms with Crippen molar-refractivity contribution in [2.45, 2.75) is 4.90 Å². The fourth-order valence-electron chi connectivity index (χ4n) is 0.797. The molecule has 0 bridgehead atoms. The van der Waals surface area contributed by atoms with Gasteiger partial charge in [-0.2, -0.15) is 8.42 Å². The standard InChI is InChI=1S/C7H7FN2O2S/c8-13(11,12)6-3-1-5(2-4-6)7(9)10/h1-4H,(H3,9,10). The lowest BCUT2D eigenvalue weighted by atomic mass is 10.2. The maximum absolute atomic E-state index is 12.3. The largest absolute Gasteiger partial charge is 0.384 e. The van der Waals surface area contributed by atoms with E-state index in [1.165, 1.54) is 12.1 Å². The zero-order valence-electron chi connectivity index (χ0n) is 6.49. The number of halogens is 1. The Labute approximate surface area is 74.9 Å². The second-order valence-corrected chi connectivity index (χ2v) is 3.72. The van der Waals surface area contributed by atoms with Gasteiger partial charge in [0.05, 0.1) is 4.90 Å². The van der Waals surface area contributed by atoms with Crippen LogP contribution in [-0.2, 0) is 10.2 Å². The molecule has 4 nitrogen and oxygen atoms in total. The summed E-state index contributed by atoms with van der Waals surface area (Å²) in [6.07, 6.45) is 0. The third-order valence-electron chi connectivity index (χ3n) is 1.45. The molecule has 1 aromatic carbocycles. The van der Waals surface area contributed by atoms with Crippen molar-refractivity contribution in [1.82, 2.24) is 0 Å². The van der Waals surface area contributed by atoms with Gasteiger partial charge in [0.2, 0.25) is 0 Å². The Morgan fingerprint density at radius 2 is 1.77 bits per heavy atom. The van der Waals surface area contributed by atoms with Gasteiger partial charge in [0.15, 0.2) is 0 Å². The van der Waals surface area contributed by atoms with Gasteiger partial charge in [-0.25, -0.2) is 0 Å². The van der Waals surface area contributed by atoms with E-state index in [9.17, 15) is 12.3 Å². The number of nitrogens with two attached hydrogens (primary N) is 1. The van der Waals surface area contributed by atoms with E-state index < -0.39 is 15.1 Å². The molecule has 0 aromatic heterocycles. The molecule has 0 saturated heterocycles. The highest BCUT2D eigenvalue weighted by atomic mass is 32.3. The van der Waals surface area contributed by atoms with Crippen molar-refractivity contribution in [2.75, 3.05) is 0 Å². The van der Waals surface area contributed by atoms with E-state index in [0.29, 0.717) is 5.56 Å². The molecular formula is C7H7FN2O2S. The van der Waals surface area contributed by atoms with E-state index in [0.717, 1.165) is 12.1 Å². The minimum Gasteiger partial charge on any atom is -0.384 e. The van der Waals surface area contributed by atoms with Crippen LogP contribution in [0.2, 0.25) is 0 Å². The zero-order chi connectivity index (χ0) is 10.1. The quantitative estimate of drug-likeness (QED) is 0.419. The van der Waals surface area contributed by atoms with E-state index in [4.69, 9.17) is 11.1 Å². The first-order valence-electron chi connectivity index (χ1n) is 3.30. The smallest absolute Gasteiger partial charge is 0.332 e. The fraction of sp³-hybridized carbons (Fsp3) is 0. The van der Waals surface area contributed by atoms with Crippen LogP contribution in [0.15, 0.2) is 29.2 Å². The Balaban J connectivity index is 3.16. The average Bonchev–Trinajstić information content (AvgIpc) is 2.03. The van der Waals surface area contributed by atoms with E-state index in [1.807, 2.05) is 0 Å². The lowest BCUT2D eigenvalue weighted by Gasteiger charge is -1.98. The maximum atomic E-state index is 12.3. The average molecular weight is 202 g/mol. The summed E-state index contributed by atoms with van der Waals surface area (Å²) in [4.78, 5) is -0.433. The summed E-state index contributed by atoms with van der Waals surface area (Å²) in [6, 6.07) is 4.67. The molecule has 0 heterocycles. The van der Waals surface area contributed by atoms with E-state index in [-0.39, 0.29) is 5.84 Å². The summed E-state index contributed by atoms with van der Waals surface area (Å²) in [7, 11) is -4.66. The van der Waals surface area contributed by atoms with Crippen LogP contribution < -0.4 is 5.73 Å². The summed E-state index contributed by atoms with van der Waals surface area (Å²) >= 11 is 0. The van der Waals surface area contributed by atoms with Crippen LogP contribution in [-0.4, -0.2) is 14.3 Å². The Morgan fingerprint density at radius 1 is 1.31 bits per heavy atom. The number of nitrogen functional groups attached to an aromatic ring is 1. The molecule has 0 spiro atoms. The molecule has 0 fully saturated rings. The third-order valence-corrected chi connectivity index (χ3v) is 2.28. The highest BCUT2D eigenvalue weighted by Gasteiger charge is 2.10. The maximum Gasteiger partial charge on any atom is 0.332 e. The predicted octanol–water partition coefficient (Wildman–Crippen LogP) is 0.629. The van der Waals surface area contributed by atoms with Gasteiger partial charge in [-0.3, -0.25) is 5.41 Å². The number of rotatable bonds is 2. The number of benzene rings is 1. The summed E-state index contributed by atoms with van der Waals surface area (Å²) in [5.74, 6) is -0.192. The molecule has 1 aromatic rings. The molecule has 0 saturated carbocycles. The van der Waals surface area contributed by atoms with Gasteiger partial charge < -0.3 is 5.73 Å². The van der Waals surface area contributed by atoms with E-state index in [2.05, 4.69) is 0 Å². The third kappa shape index (κ3) is 2.25. The van der Waals surface area contributed by atoms with Crippen LogP contribution in [0.5, 0.6) is 0 Å². The van der Waals surface area contributed by atoms with Crippen LogP contribution >= 0.6 is 0 Å². The van der Waals surface area contributed by atoms with E-state index in [1.54, 1.807) is 0 Å². The molecule has 0 aliphatic heterocycles. The van der Waals surface area contributed by atoms with Crippen molar-refractivity contribution in [2.24, 2.45) is 5.73 Å². The summed E-state index contributed by atoms with van der Waals surface area (Å²) in [5.41, 5.74) is 5.47. The fourth-order valence-corrected chi connectivity index (χ4v) is 1.26. The normalized spacial score (nSPS) is 11.2. The van der Waals surface area contributed by atoms with E-state index >= 15 is 0 Å². The molecule has 13 heavy (non-hydrogen) atoms. The minimum absolute atomic E-state index is 0.192. The number of hydrogen-bond donors (Lipinski definition) is 2. The molecule has 3 N–H and O–H groups in total. The monoisotopic (exact) mass is 202 g/mol. The van der Waals surface area contributed by atoms with Crippen molar-refractivity contribution >= 4 is 16.1 Å². The SMILES string of the molecule is N=C(N)c1ccc(S(=O)(=O)F)cc1. The minimum atomic E-state index is -4.66. The molecule has 0 radical (unpaired) electrons. The lowest BCUT2D eigenvalue weighted by Crippen LogP contribution is -2.10. The van der Waals surface area contributed by atoms with Gasteiger partial charge >= 0.3 is 10.2 Å². The number of hydrogen-bond acceptors (Lipinski definition) is 3. The van der Waals surface area contributed by atoms with Crippen LogP contribution in [0.1, 0.15) is 5.56 Å². The number of nitrogens with one attached hydrogen (secondary N) is 1. The van der Waals surface area contributed by atoms with Crippen LogP contribution in [0.3, 0.4) is 0 Å². The molecule has 6 heteroatoms. The Kier molecular flexibility index (Phi) is 2.33. The first kappa shape index (κ1) is 9.66. The molecule has 0 aliphatic rings. The van der Waals surface area contributed by atoms with Gasteiger partial charge in [0.25, 0.3) is 0 Å². The molecule has 70 valence electrons. The van der Waals surface area contributed by atoms with Gasteiger partial charge in [0, 0.05) is 5.56 Å². The van der Waals surface area contributed by atoms with Gasteiger partial charge in [0.1, 0.15) is 5.84 Å². The van der Waals surface area contributed by atoms with Gasteiger partial charge in [-0.1, -0.05) is 0 Å². The molecule has 0 aliphatic carbocycles. The molecular weight excluding hydrogens is 195 g/mol. The highest BCUT2D eigenvalue weighted by Crippen LogP contribution is 2.12. The van der Waals surface area contributed by atoms with Crippen LogP contribution in [0.25, 0.3) is 0 Å². The first-order valence-corrected chi connectivity index (χ1v) is 4.69. The summed E-state index contributed by atoms with van der Waals surface area (Å²) in [6.45, 7) is 0. The zero-order valence-corrected chi connectivity index (χ0v) is 7.31. The Bertz CT molecular complexity index is 424. The van der Waals surface area contributed by atoms with Crippen molar-refractivity contribution in [3.8, 4) is 0 Å². The topological polar surface area (TPSA) is 84.0 Å². The van der Waals surface area contributed by atoms with Gasteiger partial charge in [-0.15, -0.1) is 3.89 Å². The number of amidine groups is 1. The lowest BCUT2D eigenvalue weighted by molar-refractivity contribution is 0.552. The molecule has 1 rings (SSSR count). The molecule has 0 unspecified atom stereocenters. The summed E-state index contributed by atoms with van der Waals surface area (Å²) in [5, 5.41) is 7.00. The summed E-state index contributed by atoms with van der Waals surface area (Å²) < 4.78 is 33.1. The van der Waals surface area contributed by atoms with Crippen molar-refractivity contribution in [3.63, 3.8) is 0 Å². The highest BCUT2D eigenvalue weighted by molar-refractivity contribution is 7.86. The van der Waals surface area contributed by atoms with Crippen LogP contribution in [0.4, 0.5) is 3.89 Å².